The molecule has 0 atom stereocenters. The van der Waals surface area contributed by atoms with Crippen LogP contribution in [0.15, 0.2) is 93.8 Å². The number of fused-ring (bicyclic) bond motifs is 4. The SMILES string of the molecule is CC(C)(C)c1ccc(-c2nnc(-c3cc(-c4nnc(-c5ccc(C(C)(C)C)cc5)o4)c4c(c3)-c3ccccc3-4)o2)cc1. The minimum atomic E-state index is 0.0686. The van der Waals surface area contributed by atoms with Gasteiger partial charge in [-0.25, -0.2) is 0 Å². The van der Waals surface area contributed by atoms with Crippen LogP contribution in [0.2, 0.25) is 0 Å². The molecular weight excluding hydrogens is 520 g/mol. The van der Waals surface area contributed by atoms with Crippen molar-refractivity contribution in [1.29, 1.82) is 0 Å². The van der Waals surface area contributed by atoms with Crippen LogP contribution in [0.5, 0.6) is 0 Å². The zero-order chi connectivity index (χ0) is 29.2. The van der Waals surface area contributed by atoms with Crippen LogP contribution in [-0.2, 0) is 10.8 Å². The lowest BCUT2D eigenvalue weighted by molar-refractivity contribution is 0.580. The van der Waals surface area contributed by atoms with E-state index in [2.05, 4.69) is 104 Å². The molecule has 0 amide bonds. The van der Waals surface area contributed by atoms with Gasteiger partial charge >= 0.3 is 0 Å². The highest BCUT2D eigenvalue weighted by molar-refractivity contribution is 6.09. The first kappa shape index (κ1) is 26.1. The second kappa shape index (κ2) is 9.35. The molecule has 0 unspecified atom stereocenters. The average molecular weight is 553 g/mol. The zero-order valence-electron chi connectivity index (χ0n) is 24.7. The molecule has 0 radical (unpaired) electrons. The monoisotopic (exact) mass is 552 g/mol. The number of rotatable bonds is 4. The van der Waals surface area contributed by atoms with Crippen LogP contribution in [0.1, 0.15) is 52.7 Å². The minimum absolute atomic E-state index is 0.0686. The van der Waals surface area contributed by atoms with E-state index in [1.165, 1.54) is 16.7 Å². The highest BCUT2D eigenvalue weighted by atomic mass is 16.4. The molecule has 1 aliphatic carbocycles. The van der Waals surface area contributed by atoms with E-state index in [1.54, 1.807) is 0 Å². The summed E-state index contributed by atoms with van der Waals surface area (Å²) in [6.07, 6.45) is 0. The number of nitrogens with zero attached hydrogens (tertiary/aromatic N) is 4. The van der Waals surface area contributed by atoms with Crippen molar-refractivity contribution in [2.24, 2.45) is 0 Å². The van der Waals surface area contributed by atoms with E-state index in [0.29, 0.717) is 23.6 Å². The Balaban J connectivity index is 1.27. The molecule has 0 spiro atoms. The maximum atomic E-state index is 6.28. The Morgan fingerprint density at radius 1 is 0.429 bits per heavy atom. The van der Waals surface area contributed by atoms with Crippen molar-refractivity contribution in [2.75, 3.05) is 0 Å². The van der Waals surface area contributed by atoms with Crippen LogP contribution < -0.4 is 0 Å². The van der Waals surface area contributed by atoms with Gasteiger partial charge in [0, 0.05) is 27.8 Å². The fourth-order valence-corrected chi connectivity index (χ4v) is 5.44. The number of benzene rings is 4. The van der Waals surface area contributed by atoms with Crippen molar-refractivity contribution in [3.05, 3.63) is 96.1 Å². The molecule has 0 aliphatic heterocycles. The van der Waals surface area contributed by atoms with Crippen molar-refractivity contribution in [1.82, 2.24) is 20.4 Å². The van der Waals surface area contributed by atoms with E-state index < -0.39 is 0 Å². The molecule has 1 aliphatic rings. The van der Waals surface area contributed by atoms with Crippen LogP contribution >= 0.6 is 0 Å². The van der Waals surface area contributed by atoms with Crippen LogP contribution in [0.3, 0.4) is 0 Å². The Labute approximate surface area is 245 Å². The summed E-state index contributed by atoms with van der Waals surface area (Å²) in [5.41, 5.74) is 10.6. The Kier molecular flexibility index (Phi) is 5.80. The highest BCUT2D eigenvalue weighted by Crippen LogP contribution is 2.53. The fraction of sp³-hybridized carbons (Fsp3) is 0.222. The van der Waals surface area contributed by atoms with Gasteiger partial charge in [-0.1, -0.05) is 90.1 Å². The Morgan fingerprint density at radius 2 is 0.857 bits per heavy atom. The maximum absolute atomic E-state index is 6.28. The van der Waals surface area contributed by atoms with Crippen molar-refractivity contribution in [3.8, 4) is 68.1 Å². The smallest absolute Gasteiger partial charge is 0.248 e. The topological polar surface area (TPSA) is 77.8 Å². The van der Waals surface area contributed by atoms with Gasteiger partial charge in [0.25, 0.3) is 0 Å². The first-order valence-corrected chi connectivity index (χ1v) is 14.2. The Hall–Kier alpha value is -4.84. The molecule has 6 aromatic rings. The summed E-state index contributed by atoms with van der Waals surface area (Å²) in [7, 11) is 0. The quantitative estimate of drug-likeness (QED) is 0.216. The molecular formula is C36H32N4O2. The lowest BCUT2D eigenvalue weighted by Gasteiger charge is -2.26. The third-order valence-electron chi connectivity index (χ3n) is 7.95. The van der Waals surface area contributed by atoms with E-state index in [0.717, 1.165) is 38.9 Å². The third-order valence-corrected chi connectivity index (χ3v) is 7.95. The van der Waals surface area contributed by atoms with Crippen molar-refractivity contribution in [2.45, 2.75) is 52.4 Å². The first-order chi connectivity index (χ1) is 20.1. The van der Waals surface area contributed by atoms with Crippen LogP contribution in [-0.4, -0.2) is 20.4 Å². The minimum Gasteiger partial charge on any atom is -0.416 e. The van der Waals surface area contributed by atoms with Gasteiger partial charge < -0.3 is 8.83 Å². The van der Waals surface area contributed by atoms with Crippen molar-refractivity contribution < 1.29 is 8.83 Å². The highest BCUT2D eigenvalue weighted by Gasteiger charge is 2.30. The van der Waals surface area contributed by atoms with E-state index in [1.807, 2.05) is 42.5 Å². The molecule has 208 valence electrons. The van der Waals surface area contributed by atoms with Gasteiger partial charge in [0.05, 0.1) is 0 Å². The zero-order valence-corrected chi connectivity index (χ0v) is 24.7. The molecule has 0 bridgehead atoms. The summed E-state index contributed by atoms with van der Waals surface area (Å²) in [6, 6.07) is 29.1. The first-order valence-electron chi connectivity index (χ1n) is 14.2. The van der Waals surface area contributed by atoms with E-state index in [-0.39, 0.29) is 10.8 Å². The predicted octanol–water partition coefficient (Wildman–Crippen LogP) is 9.36. The molecule has 2 aromatic heterocycles. The number of hydrogen-bond donors (Lipinski definition) is 0. The molecule has 7 rings (SSSR count). The van der Waals surface area contributed by atoms with Crippen LogP contribution in [0.25, 0.3) is 68.1 Å². The molecule has 0 saturated carbocycles. The van der Waals surface area contributed by atoms with E-state index in [9.17, 15) is 0 Å². The number of hydrogen-bond acceptors (Lipinski definition) is 6. The van der Waals surface area contributed by atoms with Gasteiger partial charge in [-0.3, -0.25) is 0 Å². The number of aromatic nitrogens is 4. The van der Waals surface area contributed by atoms with Crippen LogP contribution in [0, 0.1) is 0 Å². The second-order valence-corrected chi connectivity index (χ2v) is 13.0. The maximum Gasteiger partial charge on any atom is 0.248 e. The Bertz CT molecular complexity index is 1930. The molecule has 4 aromatic carbocycles. The van der Waals surface area contributed by atoms with Crippen molar-refractivity contribution in [3.63, 3.8) is 0 Å². The molecule has 0 saturated heterocycles. The summed E-state index contributed by atoms with van der Waals surface area (Å²) in [6.45, 7) is 13.2. The lowest BCUT2D eigenvalue weighted by Crippen LogP contribution is -2.10. The largest absolute Gasteiger partial charge is 0.416 e. The predicted molar refractivity (Wildman–Crippen MR) is 166 cm³/mol. The molecule has 0 N–H and O–H groups in total. The third kappa shape index (κ3) is 4.44. The summed E-state index contributed by atoms with van der Waals surface area (Å²) in [5, 5.41) is 17.7. The van der Waals surface area contributed by atoms with Crippen molar-refractivity contribution >= 4 is 0 Å². The molecule has 6 heteroatoms. The van der Waals surface area contributed by atoms with Gasteiger partial charge in [-0.05, 0) is 75.0 Å². The molecule has 42 heavy (non-hydrogen) atoms. The molecule has 6 nitrogen and oxygen atoms in total. The summed E-state index contributed by atoms with van der Waals surface area (Å²) < 4.78 is 12.5. The van der Waals surface area contributed by atoms with E-state index in [4.69, 9.17) is 8.83 Å². The lowest BCUT2D eigenvalue weighted by atomic mass is 9.77. The van der Waals surface area contributed by atoms with Gasteiger partial charge in [0.15, 0.2) is 0 Å². The average Bonchev–Trinajstić information content (AvgIpc) is 3.66. The molecule has 0 fully saturated rings. The van der Waals surface area contributed by atoms with Crippen LogP contribution in [0.4, 0.5) is 0 Å². The molecule has 2 heterocycles. The van der Waals surface area contributed by atoms with Gasteiger partial charge in [0.1, 0.15) is 0 Å². The van der Waals surface area contributed by atoms with Gasteiger partial charge in [0.2, 0.25) is 23.6 Å². The van der Waals surface area contributed by atoms with Gasteiger partial charge in [-0.2, -0.15) is 0 Å². The van der Waals surface area contributed by atoms with E-state index >= 15 is 0 Å². The normalized spacial score (nSPS) is 12.5. The fourth-order valence-electron chi connectivity index (χ4n) is 5.44. The summed E-state index contributed by atoms with van der Waals surface area (Å²) in [4.78, 5) is 0. The summed E-state index contributed by atoms with van der Waals surface area (Å²) in [5.74, 6) is 1.86. The Morgan fingerprint density at radius 3 is 1.38 bits per heavy atom. The standard InChI is InChI=1S/C36H32N4O2/c1-35(2,3)24-15-11-21(12-16-24)31-37-39-33(41-31)23-19-28-26-9-7-8-10-27(26)30(28)29(20-23)34-40-38-32(42-34)22-13-17-25(18-14-22)36(4,5)6/h7-20H,1-6H3. The van der Waals surface area contributed by atoms with Gasteiger partial charge in [-0.15, -0.1) is 20.4 Å². The second-order valence-electron chi connectivity index (χ2n) is 13.0. The summed E-state index contributed by atoms with van der Waals surface area (Å²) >= 11 is 0.